The maximum atomic E-state index is 12.4. The SMILES string of the molecule is CC(=O)Nc1ccc(S(=O)(=O)NCCCn2ccnc2-c2ccccc2)cc1. The van der Waals surface area contributed by atoms with Crippen molar-refractivity contribution < 1.29 is 13.2 Å². The molecule has 28 heavy (non-hydrogen) atoms. The first-order valence-corrected chi connectivity index (χ1v) is 10.4. The average molecular weight is 398 g/mol. The lowest BCUT2D eigenvalue weighted by Crippen LogP contribution is -2.25. The van der Waals surface area contributed by atoms with Crippen LogP contribution in [-0.2, 0) is 21.4 Å². The van der Waals surface area contributed by atoms with E-state index >= 15 is 0 Å². The number of anilines is 1. The maximum absolute atomic E-state index is 12.4. The van der Waals surface area contributed by atoms with Crippen molar-refractivity contribution in [1.82, 2.24) is 14.3 Å². The lowest BCUT2D eigenvalue weighted by molar-refractivity contribution is -0.114. The Morgan fingerprint density at radius 1 is 1.07 bits per heavy atom. The second kappa shape index (κ2) is 8.81. The highest BCUT2D eigenvalue weighted by atomic mass is 32.2. The van der Waals surface area contributed by atoms with Crippen LogP contribution in [-0.4, -0.2) is 30.4 Å². The number of hydrogen-bond acceptors (Lipinski definition) is 4. The standard InChI is InChI=1S/C20H22N4O3S/c1-16(25)23-18-8-10-19(11-9-18)28(26,27)22-12-5-14-24-15-13-21-20(24)17-6-3-2-4-7-17/h2-4,6-11,13,15,22H,5,12,14H2,1H3,(H,23,25). The first kappa shape index (κ1) is 19.8. The number of aryl methyl sites for hydroxylation is 1. The number of rotatable bonds is 8. The van der Waals surface area contributed by atoms with E-state index in [-0.39, 0.29) is 10.8 Å². The van der Waals surface area contributed by atoms with Gasteiger partial charge < -0.3 is 9.88 Å². The second-order valence-corrected chi connectivity index (χ2v) is 8.03. The molecule has 0 bridgehead atoms. The summed E-state index contributed by atoms with van der Waals surface area (Å²) < 4.78 is 29.4. The molecule has 0 unspecified atom stereocenters. The molecular weight excluding hydrogens is 376 g/mol. The van der Waals surface area contributed by atoms with Gasteiger partial charge in [-0.3, -0.25) is 4.79 Å². The van der Waals surface area contributed by atoms with Crippen molar-refractivity contribution in [3.05, 3.63) is 67.0 Å². The molecule has 1 aromatic heterocycles. The van der Waals surface area contributed by atoms with Gasteiger partial charge in [0.05, 0.1) is 4.90 Å². The number of imidazole rings is 1. The number of amides is 1. The summed E-state index contributed by atoms with van der Waals surface area (Å²) in [5.74, 6) is 0.653. The Bertz CT molecular complexity index is 1030. The van der Waals surface area contributed by atoms with Gasteiger partial charge in [-0.05, 0) is 30.7 Å². The Hall–Kier alpha value is -2.97. The van der Waals surface area contributed by atoms with Crippen LogP contribution in [0.1, 0.15) is 13.3 Å². The van der Waals surface area contributed by atoms with E-state index in [2.05, 4.69) is 15.0 Å². The van der Waals surface area contributed by atoms with E-state index in [1.54, 1.807) is 18.3 Å². The van der Waals surface area contributed by atoms with Crippen LogP contribution in [0.4, 0.5) is 5.69 Å². The van der Waals surface area contributed by atoms with Gasteiger partial charge in [0, 0.05) is 43.7 Å². The van der Waals surface area contributed by atoms with E-state index in [1.807, 2.05) is 41.1 Å². The fourth-order valence-electron chi connectivity index (χ4n) is 2.80. The van der Waals surface area contributed by atoms with Crippen molar-refractivity contribution in [2.75, 3.05) is 11.9 Å². The summed E-state index contributed by atoms with van der Waals surface area (Å²) in [7, 11) is -3.60. The first-order chi connectivity index (χ1) is 13.5. The summed E-state index contributed by atoms with van der Waals surface area (Å²) in [5.41, 5.74) is 1.58. The number of aromatic nitrogens is 2. The third-order valence-electron chi connectivity index (χ3n) is 4.10. The van der Waals surface area contributed by atoms with E-state index in [1.165, 1.54) is 19.1 Å². The van der Waals surface area contributed by atoms with Crippen LogP contribution in [0.2, 0.25) is 0 Å². The normalized spacial score (nSPS) is 11.3. The molecule has 0 aliphatic carbocycles. The lowest BCUT2D eigenvalue weighted by atomic mass is 10.2. The third kappa shape index (κ3) is 5.05. The van der Waals surface area contributed by atoms with Crippen molar-refractivity contribution >= 4 is 21.6 Å². The van der Waals surface area contributed by atoms with E-state index in [0.717, 1.165) is 11.4 Å². The Labute approximate surface area is 164 Å². The quantitative estimate of drug-likeness (QED) is 0.571. The van der Waals surface area contributed by atoms with Gasteiger partial charge in [0.15, 0.2) is 0 Å². The fourth-order valence-corrected chi connectivity index (χ4v) is 3.87. The van der Waals surface area contributed by atoms with Crippen LogP contribution in [0.3, 0.4) is 0 Å². The van der Waals surface area contributed by atoms with Crippen LogP contribution >= 0.6 is 0 Å². The number of carbonyl (C=O) groups is 1. The van der Waals surface area contributed by atoms with Gasteiger partial charge in [-0.2, -0.15) is 0 Å². The summed E-state index contributed by atoms with van der Waals surface area (Å²) in [5, 5.41) is 2.61. The summed E-state index contributed by atoms with van der Waals surface area (Å²) in [6.45, 7) is 2.35. The molecule has 1 amide bonds. The highest BCUT2D eigenvalue weighted by molar-refractivity contribution is 7.89. The highest BCUT2D eigenvalue weighted by Gasteiger charge is 2.13. The van der Waals surface area contributed by atoms with Gasteiger partial charge in [0.25, 0.3) is 0 Å². The van der Waals surface area contributed by atoms with Gasteiger partial charge in [0.2, 0.25) is 15.9 Å². The lowest BCUT2D eigenvalue weighted by Gasteiger charge is -2.10. The number of carbonyl (C=O) groups excluding carboxylic acids is 1. The molecule has 146 valence electrons. The van der Waals surface area contributed by atoms with Crippen LogP contribution in [0.5, 0.6) is 0 Å². The Morgan fingerprint density at radius 3 is 2.46 bits per heavy atom. The van der Waals surface area contributed by atoms with Crippen molar-refractivity contribution in [2.24, 2.45) is 0 Å². The van der Waals surface area contributed by atoms with Gasteiger partial charge >= 0.3 is 0 Å². The van der Waals surface area contributed by atoms with E-state index in [9.17, 15) is 13.2 Å². The zero-order valence-corrected chi connectivity index (χ0v) is 16.3. The number of nitrogens with one attached hydrogen (secondary N) is 2. The molecule has 8 heteroatoms. The summed E-state index contributed by atoms with van der Waals surface area (Å²) in [4.78, 5) is 15.6. The highest BCUT2D eigenvalue weighted by Crippen LogP contribution is 2.17. The molecule has 0 fully saturated rings. The molecule has 0 spiro atoms. The van der Waals surface area contributed by atoms with E-state index in [0.29, 0.717) is 25.2 Å². The monoisotopic (exact) mass is 398 g/mol. The average Bonchev–Trinajstić information content (AvgIpc) is 3.14. The Balaban J connectivity index is 1.55. The van der Waals surface area contributed by atoms with Crippen molar-refractivity contribution in [2.45, 2.75) is 24.8 Å². The van der Waals surface area contributed by atoms with Crippen LogP contribution in [0.25, 0.3) is 11.4 Å². The zero-order valence-electron chi connectivity index (χ0n) is 15.5. The molecule has 0 aliphatic rings. The van der Waals surface area contributed by atoms with Gasteiger partial charge in [-0.15, -0.1) is 0 Å². The van der Waals surface area contributed by atoms with Crippen LogP contribution in [0, 0.1) is 0 Å². The Morgan fingerprint density at radius 2 is 1.79 bits per heavy atom. The molecule has 2 N–H and O–H groups in total. The van der Waals surface area contributed by atoms with Crippen molar-refractivity contribution in [3.63, 3.8) is 0 Å². The second-order valence-electron chi connectivity index (χ2n) is 6.27. The number of hydrogen-bond donors (Lipinski definition) is 2. The molecule has 3 aromatic rings. The molecule has 1 heterocycles. The first-order valence-electron chi connectivity index (χ1n) is 8.89. The molecule has 0 radical (unpaired) electrons. The molecule has 0 aliphatic heterocycles. The summed E-state index contributed by atoms with van der Waals surface area (Å²) in [6, 6.07) is 15.9. The van der Waals surface area contributed by atoms with Crippen molar-refractivity contribution in [1.29, 1.82) is 0 Å². The number of sulfonamides is 1. The van der Waals surface area contributed by atoms with Crippen LogP contribution < -0.4 is 10.0 Å². The van der Waals surface area contributed by atoms with Gasteiger partial charge in [0.1, 0.15) is 5.82 Å². The Kier molecular flexibility index (Phi) is 6.23. The third-order valence-corrected chi connectivity index (χ3v) is 5.58. The van der Waals surface area contributed by atoms with E-state index in [4.69, 9.17) is 0 Å². The molecule has 3 rings (SSSR count). The fraction of sp³-hybridized carbons (Fsp3) is 0.200. The molecular formula is C20H22N4O3S. The minimum atomic E-state index is -3.60. The molecule has 2 aromatic carbocycles. The smallest absolute Gasteiger partial charge is 0.240 e. The number of nitrogens with zero attached hydrogens (tertiary/aromatic N) is 2. The van der Waals surface area contributed by atoms with Gasteiger partial charge in [-0.1, -0.05) is 30.3 Å². The largest absolute Gasteiger partial charge is 0.331 e. The molecule has 0 saturated heterocycles. The molecule has 7 nitrogen and oxygen atoms in total. The zero-order chi connectivity index (χ0) is 20.0. The molecule has 0 saturated carbocycles. The number of benzene rings is 2. The van der Waals surface area contributed by atoms with E-state index < -0.39 is 10.0 Å². The van der Waals surface area contributed by atoms with Crippen molar-refractivity contribution in [3.8, 4) is 11.4 Å². The topological polar surface area (TPSA) is 93.1 Å². The van der Waals surface area contributed by atoms with Gasteiger partial charge in [-0.25, -0.2) is 18.1 Å². The predicted molar refractivity (Wildman–Crippen MR) is 108 cm³/mol. The minimum Gasteiger partial charge on any atom is -0.331 e. The minimum absolute atomic E-state index is 0.161. The summed E-state index contributed by atoms with van der Waals surface area (Å²) >= 11 is 0. The predicted octanol–water partition coefficient (Wildman–Crippen LogP) is 2.88. The molecule has 0 atom stereocenters. The van der Waals surface area contributed by atoms with Crippen LogP contribution in [0.15, 0.2) is 71.9 Å². The summed E-state index contributed by atoms with van der Waals surface area (Å²) in [6.07, 6.45) is 4.25. The maximum Gasteiger partial charge on any atom is 0.240 e.